The maximum atomic E-state index is 8.78. The lowest BCUT2D eigenvalue weighted by Gasteiger charge is -2.35. The molecule has 1 fully saturated rings. The molecule has 1 aliphatic rings. The van der Waals surface area contributed by atoms with Crippen LogP contribution in [-0.2, 0) is 6.54 Å². The summed E-state index contributed by atoms with van der Waals surface area (Å²) in [6.07, 6.45) is 0. The fraction of sp³-hybridized carbons (Fsp3) is 0.357. The zero-order valence-electron chi connectivity index (χ0n) is 9.97. The topological polar surface area (TPSA) is 30.3 Å². The van der Waals surface area contributed by atoms with Gasteiger partial charge in [-0.2, -0.15) is 5.26 Å². The molecule has 0 atom stereocenters. The first-order valence-electron chi connectivity index (χ1n) is 5.90. The van der Waals surface area contributed by atoms with Crippen LogP contribution in [0.4, 0.5) is 0 Å². The second-order valence-corrected chi connectivity index (χ2v) is 4.31. The minimum absolute atomic E-state index is 0.587. The van der Waals surface area contributed by atoms with E-state index in [1.165, 1.54) is 5.56 Å². The second-order valence-electron chi connectivity index (χ2n) is 4.31. The molecule has 0 aliphatic carbocycles. The van der Waals surface area contributed by atoms with Crippen LogP contribution in [0.25, 0.3) is 0 Å². The van der Waals surface area contributed by atoms with Gasteiger partial charge in [0, 0.05) is 32.7 Å². The van der Waals surface area contributed by atoms with Gasteiger partial charge in [-0.25, -0.2) is 0 Å². The number of hydrogen-bond acceptors (Lipinski definition) is 3. The largest absolute Gasteiger partial charge is 0.361 e. The molecule has 0 radical (unpaired) electrons. The van der Waals surface area contributed by atoms with Gasteiger partial charge in [-0.1, -0.05) is 36.9 Å². The van der Waals surface area contributed by atoms with Crippen molar-refractivity contribution in [1.82, 2.24) is 9.80 Å². The Labute approximate surface area is 103 Å². The molecule has 1 aliphatic heterocycles. The third-order valence-corrected chi connectivity index (χ3v) is 3.13. The van der Waals surface area contributed by atoms with Gasteiger partial charge in [0.25, 0.3) is 0 Å². The van der Waals surface area contributed by atoms with Crippen LogP contribution in [0.3, 0.4) is 0 Å². The van der Waals surface area contributed by atoms with Crippen LogP contribution in [0.2, 0.25) is 0 Å². The van der Waals surface area contributed by atoms with Gasteiger partial charge in [-0.05, 0) is 5.56 Å². The van der Waals surface area contributed by atoms with Crippen molar-refractivity contribution in [2.75, 3.05) is 26.2 Å². The number of benzene rings is 1. The quantitative estimate of drug-likeness (QED) is 0.738. The molecule has 0 spiro atoms. The summed E-state index contributed by atoms with van der Waals surface area (Å²) >= 11 is 0. The maximum Gasteiger partial charge on any atom is 0.116 e. The van der Waals surface area contributed by atoms with E-state index in [0.29, 0.717) is 5.70 Å². The van der Waals surface area contributed by atoms with Crippen molar-refractivity contribution in [3.8, 4) is 6.07 Å². The van der Waals surface area contributed by atoms with E-state index in [9.17, 15) is 0 Å². The maximum absolute atomic E-state index is 8.78. The summed E-state index contributed by atoms with van der Waals surface area (Å²) in [5.41, 5.74) is 1.93. The first-order valence-corrected chi connectivity index (χ1v) is 5.90. The van der Waals surface area contributed by atoms with Crippen LogP contribution in [0.5, 0.6) is 0 Å². The smallest absolute Gasteiger partial charge is 0.116 e. The van der Waals surface area contributed by atoms with Crippen molar-refractivity contribution in [3.63, 3.8) is 0 Å². The lowest BCUT2D eigenvalue weighted by molar-refractivity contribution is 0.157. The van der Waals surface area contributed by atoms with Crippen molar-refractivity contribution in [1.29, 1.82) is 5.26 Å². The van der Waals surface area contributed by atoms with Crippen LogP contribution in [0.15, 0.2) is 42.6 Å². The van der Waals surface area contributed by atoms with E-state index in [-0.39, 0.29) is 0 Å². The molecule has 88 valence electrons. The number of piperazine rings is 1. The lowest BCUT2D eigenvalue weighted by atomic mass is 10.2. The SMILES string of the molecule is C=C(C#N)N1CCN(Cc2ccccc2)CC1. The summed E-state index contributed by atoms with van der Waals surface area (Å²) in [5.74, 6) is 0. The molecule has 0 amide bonds. The fourth-order valence-electron chi connectivity index (χ4n) is 2.09. The summed E-state index contributed by atoms with van der Waals surface area (Å²) in [6.45, 7) is 8.54. The van der Waals surface area contributed by atoms with E-state index in [4.69, 9.17) is 5.26 Å². The van der Waals surface area contributed by atoms with Gasteiger partial charge in [-0.15, -0.1) is 0 Å². The molecule has 0 aromatic heterocycles. The number of nitriles is 1. The van der Waals surface area contributed by atoms with Gasteiger partial charge in [0.15, 0.2) is 0 Å². The Morgan fingerprint density at radius 3 is 2.41 bits per heavy atom. The Hall–Kier alpha value is -1.79. The van der Waals surface area contributed by atoms with E-state index in [2.05, 4.69) is 46.7 Å². The molecule has 1 heterocycles. The molecule has 2 rings (SSSR count). The van der Waals surface area contributed by atoms with Crippen molar-refractivity contribution >= 4 is 0 Å². The number of allylic oxidation sites excluding steroid dienone is 1. The van der Waals surface area contributed by atoms with E-state index in [1.807, 2.05) is 6.07 Å². The highest BCUT2D eigenvalue weighted by Gasteiger charge is 2.17. The van der Waals surface area contributed by atoms with Gasteiger partial charge in [0.1, 0.15) is 11.8 Å². The highest BCUT2D eigenvalue weighted by atomic mass is 15.3. The summed E-state index contributed by atoms with van der Waals surface area (Å²) in [5, 5.41) is 8.78. The van der Waals surface area contributed by atoms with Gasteiger partial charge < -0.3 is 4.90 Å². The predicted molar refractivity (Wildman–Crippen MR) is 68.0 cm³/mol. The zero-order chi connectivity index (χ0) is 12.1. The first kappa shape index (κ1) is 11.7. The van der Waals surface area contributed by atoms with E-state index < -0.39 is 0 Å². The number of hydrogen-bond donors (Lipinski definition) is 0. The number of nitrogens with zero attached hydrogens (tertiary/aromatic N) is 3. The van der Waals surface area contributed by atoms with Crippen LogP contribution in [0.1, 0.15) is 5.56 Å². The molecule has 0 unspecified atom stereocenters. The van der Waals surface area contributed by atoms with Crippen LogP contribution < -0.4 is 0 Å². The molecule has 0 saturated carbocycles. The second kappa shape index (κ2) is 5.51. The average molecular weight is 227 g/mol. The van der Waals surface area contributed by atoms with E-state index >= 15 is 0 Å². The van der Waals surface area contributed by atoms with Crippen LogP contribution in [0, 0.1) is 11.3 Å². The molecule has 3 heteroatoms. The zero-order valence-corrected chi connectivity index (χ0v) is 9.97. The summed E-state index contributed by atoms with van der Waals surface area (Å²) < 4.78 is 0. The summed E-state index contributed by atoms with van der Waals surface area (Å²) in [7, 11) is 0. The standard InChI is InChI=1S/C14H17N3/c1-13(11-15)17-9-7-16(8-10-17)12-14-5-3-2-4-6-14/h2-6H,1,7-10,12H2. The molecule has 0 N–H and O–H groups in total. The van der Waals surface area contributed by atoms with Gasteiger partial charge in [-0.3, -0.25) is 4.90 Å². The lowest BCUT2D eigenvalue weighted by Crippen LogP contribution is -2.44. The molecular formula is C14H17N3. The Kier molecular flexibility index (Phi) is 3.79. The Morgan fingerprint density at radius 2 is 1.82 bits per heavy atom. The third-order valence-electron chi connectivity index (χ3n) is 3.13. The minimum Gasteiger partial charge on any atom is -0.361 e. The molecule has 0 bridgehead atoms. The normalized spacial score (nSPS) is 16.5. The highest BCUT2D eigenvalue weighted by Crippen LogP contribution is 2.10. The minimum atomic E-state index is 0.587. The average Bonchev–Trinajstić information content (AvgIpc) is 2.40. The van der Waals surface area contributed by atoms with Gasteiger partial charge in [0.2, 0.25) is 0 Å². The molecule has 1 aromatic rings. The van der Waals surface area contributed by atoms with Gasteiger partial charge in [0.05, 0.1) is 0 Å². The number of rotatable bonds is 3. The monoisotopic (exact) mass is 227 g/mol. The van der Waals surface area contributed by atoms with Gasteiger partial charge >= 0.3 is 0 Å². The third kappa shape index (κ3) is 3.08. The van der Waals surface area contributed by atoms with Crippen LogP contribution in [-0.4, -0.2) is 36.0 Å². The van der Waals surface area contributed by atoms with Crippen molar-refractivity contribution < 1.29 is 0 Å². The van der Waals surface area contributed by atoms with E-state index in [1.54, 1.807) is 0 Å². The Balaban J connectivity index is 1.84. The van der Waals surface area contributed by atoms with E-state index in [0.717, 1.165) is 32.7 Å². The highest BCUT2D eigenvalue weighted by molar-refractivity contribution is 5.16. The van der Waals surface area contributed by atoms with Crippen molar-refractivity contribution in [3.05, 3.63) is 48.2 Å². The predicted octanol–water partition coefficient (Wildman–Crippen LogP) is 1.84. The molecule has 1 saturated heterocycles. The Bertz CT molecular complexity index is 411. The van der Waals surface area contributed by atoms with Crippen molar-refractivity contribution in [2.45, 2.75) is 6.54 Å². The molecule has 3 nitrogen and oxygen atoms in total. The molecular weight excluding hydrogens is 210 g/mol. The van der Waals surface area contributed by atoms with Crippen LogP contribution >= 0.6 is 0 Å². The fourth-order valence-corrected chi connectivity index (χ4v) is 2.09. The summed E-state index contributed by atoms with van der Waals surface area (Å²) in [6, 6.07) is 12.6. The summed E-state index contributed by atoms with van der Waals surface area (Å²) in [4.78, 5) is 4.47. The first-order chi connectivity index (χ1) is 8.29. The van der Waals surface area contributed by atoms with Crippen molar-refractivity contribution in [2.24, 2.45) is 0 Å². The molecule has 17 heavy (non-hydrogen) atoms. The Morgan fingerprint density at radius 1 is 1.18 bits per heavy atom. The molecule has 1 aromatic carbocycles.